The molecule has 0 atom stereocenters. The lowest BCUT2D eigenvalue weighted by Gasteiger charge is -2.08. The van der Waals surface area contributed by atoms with Gasteiger partial charge in [-0.2, -0.15) is 0 Å². The number of amides is 2. The highest BCUT2D eigenvalue weighted by molar-refractivity contribution is 7.17. The minimum Gasteiger partial charge on any atom is -0.493 e. The van der Waals surface area contributed by atoms with Gasteiger partial charge in [0.05, 0.1) is 25.4 Å². The normalized spacial score (nSPS) is 10.6. The van der Waals surface area contributed by atoms with Gasteiger partial charge in [0.1, 0.15) is 15.6 Å². The first-order valence-corrected chi connectivity index (χ1v) is 10.5. The lowest BCUT2D eigenvalue weighted by Crippen LogP contribution is -2.41. The number of pyridine rings is 1. The van der Waals surface area contributed by atoms with E-state index in [1.54, 1.807) is 39.3 Å². The average Bonchev–Trinajstić information content (AvgIpc) is 3.23. The van der Waals surface area contributed by atoms with Gasteiger partial charge in [-0.05, 0) is 37.3 Å². The summed E-state index contributed by atoms with van der Waals surface area (Å²) >= 11 is 1.22. The Kier molecular flexibility index (Phi) is 6.00. The molecular weight excluding hydrogens is 428 g/mol. The van der Waals surface area contributed by atoms with Crippen molar-refractivity contribution in [2.45, 2.75) is 6.92 Å². The Labute approximate surface area is 188 Å². The molecule has 0 aliphatic carbocycles. The SMILES string of the molecule is COc1ccc(-c2nc(C)c(C(=O)NNC(=O)c3ccc4ccccc4n3)s2)cc1OC. The lowest BCUT2D eigenvalue weighted by atomic mass is 10.2. The predicted molar refractivity (Wildman–Crippen MR) is 122 cm³/mol. The van der Waals surface area contributed by atoms with Gasteiger partial charge in [0.25, 0.3) is 11.8 Å². The number of methoxy groups -OCH3 is 2. The van der Waals surface area contributed by atoms with Crippen molar-refractivity contribution < 1.29 is 19.1 Å². The molecule has 0 radical (unpaired) electrons. The van der Waals surface area contributed by atoms with Crippen LogP contribution in [0.1, 0.15) is 25.9 Å². The highest BCUT2D eigenvalue weighted by atomic mass is 32.1. The van der Waals surface area contributed by atoms with Crippen molar-refractivity contribution in [1.29, 1.82) is 0 Å². The highest BCUT2D eigenvalue weighted by Gasteiger charge is 2.18. The minimum atomic E-state index is -0.508. The van der Waals surface area contributed by atoms with Gasteiger partial charge in [0.15, 0.2) is 11.5 Å². The van der Waals surface area contributed by atoms with E-state index in [0.717, 1.165) is 10.9 Å². The number of aromatic nitrogens is 2. The molecule has 0 saturated carbocycles. The fraction of sp³-hybridized carbons (Fsp3) is 0.130. The Bertz CT molecular complexity index is 1320. The van der Waals surface area contributed by atoms with E-state index in [1.165, 1.54) is 11.3 Å². The van der Waals surface area contributed by atoms with Crippen LogP contribution < -0.4 is 20.3 Å². The highest BCUT2D eigenvalue weighted by Crippen LogP contribution is 2.34. The standard InChI is InChI=1S/C23H20N4O4S/c1-13-20(32-23(24-13)15-9-11-18(30-2)19(12-15)31-3)22(29)27-26-21(28)17-10-8-14-6-4-5-7-16(14)25-17/h4-12H,1-3H3,(H,26,28)(H,27,29). The third-order valence-electron chi connectivity index (χ3n) is 4.75. The van der Waals surface area contributed by atoms with Crippen LogP contribution in [0.5, 0.6) is 11.5 Å². The molecule has 2 aromatic heterocycles. The molecule has 8 nitrogen and oxygen atoms in total. The number of hydrogen-bond donors (Lipinski definition) is 2. The fourth-order valence-corrected chi connectivity index (χ4v) is 4.08. The Morgan fingerprint density at radius 2 is 1.62 bits per heavy atom. The van der Waals surface area contributed by atoms with E-state index in [-0.39, 0.29) is 5.69 Å². The molecule has 0 saturated heterocycles. The van der Waals surface area contributed by atoms with E-state index < -0.39 is 11.8 Å². The van der Waals surface area contributed by atoms with Gasteiger partial charge in [-0.3, -0.25) is 20.4 Å². The zero-order valence-corrected chi connectivity index (χ0v) is 18.4. The Morgan fingerprint density at radius 3 is 2.41 bits per heavy atom. The van der Waals surface area contributed by atoms with E-state index in [1.807, 2.05) is 36.4 Å². The van der Waals surface area contributed by atoms with Crippen LogP contribution in [-0.2, 0) is 0 Å². The summed E-state index contributed by atoms with van der Waals surface area (Å²) in [4.78, 5) is 34.3. The number of nitrogens with zero attached hydrogens (tertiary/aromatic N) is 2. The Morgan fingerprint density at radius 1 is 0.875 bits per heavy atom. The topological polar surface area (TPSA) is 102 Å². The maximum Gasteiger partial charge on any atom is 0.288 e. The third-order valence-corrected chi connectivity index (χ3v) is 5.96. The van der Waals surface area contributed by atoms with E-state index in [0.29, 0.717) is 32.6 Å². The van der Waals surface area contributed by atoms with Crippen LogP contribution in [0.3, 0.4) is 0 Å². The number of aryl methyl sites for hydroxylation is 1. The van der Waals surface area contributed by atoms with Crippen molar-refractivity contribution in [3.8, 4) is 22.1 Å². The van der Waals surface area contributed by atoms with Crippen molar-refractivity contribution in [3.05, 3.63) is 70.9 Å². The summed E-state index contributed by atoms with van der Waals surface area (Å²) in [5.41, 5.74) is 7.10. The lowest BCUT2D eigenvalue weighted by molar-refractivity contribution is 0.0846. The molecule has 0 aliphatic rings. The van der Waals surface area contributed by atoms with Crippen molar-refractivity contribution in [1.82, 2.24) is 20.8 Å². The van der Waals surface area contributed by atoms with Gasteiger partial charge >= 0.3 is 0 Å². The number of hydrazine groups is 1. The molecule has 2 heterocycles. The summed E-state index contributed by atoms with van der Waals surface area (Å²) in [7, 11) is 3.12. The van der Waals surface area contributed by atoms with Crippen molar-refractivity contribution >= 4 is 34.1 Å². The van der Waals surface area contributed by atoms with Gasteiger partial charge in [0.2, 0.25) is 0 Å². The molecule has 162 valence electrons. The zero-order chi connectivity index (χ0) is 22.7. The number of thiazole rings is 1. The summed E-state index contributed by atoms with van der Waals surface area (Å²) in [5.74, 6) is 0.207. The second-order valence-corrected chi connectivity index (χ2v) is 7.80. The van der Waals surface area contributed by atoms with Crippen LogP contribution in [0.15, 0.2) is 54.6 Å². The van der Waals surface area contributed by atoms with Crippen LogP contribution in [-0.4, -0.2) is 36.0 Å². The minimum absolute atomic E-state index is 0.205. The molecule has 32 heavy (non-hydrogen) atoms. The number of carbonyl (C=O) groups is 2. The number of hydrogen-bond acceptors (Lipinski definition) is 7. The van der Waals surface area contributed by atoms with E-state index in [2.05, 4.69) is 20.8 Å². The number of para-hydroxylation sites is 1. The number of ether oxygens (including phenoxy) is 2. The smallest absolute Gasteiger partial charge is 0.288 e. The molecule has 4 rings (SSSR count). The molecule has 9 heteroatoms. The molecule has 0 unspecified atom stereocenters. The number of fused-ring (bicyclic) bond motifs is 1. The second kappa shape index (κ2) is 9.03. The number of benzene rings is 2. The number of carbonyl (C=O) groups excluding carboxylic acids is 2. The molecule has 4 aromatic rings. The van der Waals surface area contributed by atoms with E-state index >= 15 is 0 Å². The molecule has 0 bridgehead atoms. The van der Waals surface area contributed by atoms with Crippen LogP contribution in [0.25, 0.3) is 21.5 Å². The largest absolute Gasteiger partial charge is 0.493 e. The fourth-order valence-electron chi connectivity index (χ4n) is 3.13. The molecule has 2 amide bonds. The first-order chi connectivity index (χ1) is 15.5. The van der Waals surface area contributed by atoms with Gasteiger partial charge in [-0.25, -0.2) is 9.97 Å². The van der Waals surface area contributed by atoms with Crippen molar-refractivity contribution in [2.24, 2.45) is 0 Å². The van der Waals surface area contributed by atoms with E-state index in [4.69, 9.17) is 9.47 Å². The Hall–Kier alpha value is -3.98. The second-order valence-electron chi connectivity index (χ2n) is 6.80. The maximum absolute atomic E-state index is 12.7. The summed E-state index contributed by atoms with van der Waals surface area (Å²) < 4.78 is 10.6. The summed E-state index contributed by atoms with van der Waals surface area (Å²) in [6.45, 7) is 1.74. The van der Waals surface area contributed by atoms with Crippen molar-refractivity contribution in [3.63, 3.8) is 0 Å². The summed E-state index contributed by atoms with van der Waals surface area (Å²) in [6, 6.07) is 16.3. The van der Waals surface area contributed by atoms with E-state index in [9.17, 15) is 9.59 Å². The molecule has 0 fully saturated rings. The first-order valence-electron chi connectivity index (χ1n) is 9.66. The van der Waals surface area contributed by atoms with Crippen LogP contribution in [0.2, 0.25) is 0 Å². The average molecular weight is 449 g/mol. The van der Waals surface area contributed by atoms with Crippen LogP contribution >= 0.6 is 11.3 Å². The van der Waals surface area contributed by atoms with Gasteiger partial charge in [-0.1, -0.05) is 24.3 Å². The molecule has 2 aromatic carbocycles. The van der Waals surface area contributed by atoms with Gasteiger partial charge in [-0.15, -0.1) is 11.3 Å². The number of nitrogens with one attached hydrogen (secondary N) is 2. The molecule has 2 N–H and O–H groups in total. The summed E-state index contributed by atoms with van der Waals surface area (Å²) in [5, 5.41) is 1.58. The molecule has 0 aliphatic heterocycles. The zero-order valence-electron chi connectivity index (χ0n) is 17.6. The third kappa shape index (κ3) is 4.23. The first kappa shape index (κ1) is 21.3. The van der Waals surface area contributed by atoms with Gasteiger partial charge in [0, 0.05) is 10.9 Å². The maximum atomic E-state index is 12.7. The van der Waals surface area contributed by atoms with Crippen molar-refractivity contribution in [2.75, 3.05) is 14.2 Å². The summed E-state index contributed by atoms with van der Waals surface area (Å²) in [6.07, 6.45) is 0. The quantitative estimate of drug-likeness (QED) is 0.451. The molecular formula is C23H20N4O4S. The monoisotopic (exact) mass is 448 g/mol. The van der Waals surface area contributed by atoms with Crippen LogP contribution in [0, 0.1) is 6.92 Å². The Balaban J connectivity index is 1.48. The van der Waals surface area contributed by atoms with Gasteiger partial charge < -0.3 is 9.47 Å². The number of rotatable bonds is 5. The molecule has 0 spiro atoms. The predicted octanol–water partition coefficient (Wildman–Crippen LogP) is 3.76. The van der Waals surface area contributed by atoms with Crippen LogP contribution in [0.4, 0.5) is 0 Å².